The summed E-state index contributed by atoms with van der Waals surface area (Å²) in [5.74, 6) is 7.83. The van der Waals surface area contributed by atoms with Crippen molar-refractivity contribution in [3.8, 4) is 0 Å². The zero-order valence-corrected chi connectivity index (χ0v) is 18.6. The summed E-state index contributed by atoms with van der Waals surface area (Å²) in [4.78, 5) is 12.2. The summed E-state index contributed by atoms with van der Waals surface area (Å²) >= 11 is 0. The molecule has 5 aliphatic carbocycles. The number of hydrogen-bond acceptors (Lipinski definition) is 2. The Labute approximate surface area is 178 Å². The van der Waals surface area contributed by atoms with E-state index >= 15 is 0 Å². The standard InChI is InChI=1S/C27H42O2/c1-17(2)27(28)29-16-26-24-14-20-9-5-3-7-18(20)11-22(24)13-23-12-19-8-4-6-10-21(19)15-25(23)26/h18-26H,1,3-16H2,2H3. The van der Waals surface area contributed by atoms with Gasteiger partial charge in [-0.15, -0.1) is 0 Å². The zero-order chi connectivity index (χ0) is 20.0. The van der Waals surface area contributed by atoms with Crippen LogP contribution in [0.3, 0.4) is 0 Å². The lowest BCUT2D eigenvalue weighted by Crippen LogP contribution is -2.50. The molecule has 8 atom stereocenters. The first-order valence-electron chi connectivity index (χ1n) is 12.9. The van der Waals surface area contributed by atoms with Gasteiger partial charge in [-0.3, -0.25) is 0 Å². The highest BCUT2D eigenvalue weighted by Gasteiger charge is 2.52. The maximum atomic E-state index is 12.2. The van der Waals surface area contributed by atoms with Crippen molar-refractivity contribution >= 4 is 5.97 Å². The number of esters is 1. The van der Waals surface area contributed by atoms with Crippen molar-refractivity contribution in [3.63, 3.8) is 0 Å². The molecule has 2 nitrogen and oxygen atoms in total. The Bertz CT molecular complexity index is 586. The third-order valence-electron chi connectivity index (χ3n) is 10.2. The van der Waals surface area contributed by atoms with Crippen LogP contribution in [0.15, 0.2) is 12.2 Å². The Morgan fingerprint density at radius 1 is 0.724 bits per heavy atom. The molecule has 0 N–H and O–H groups in total. The monoisotopic (exact) mass is 398 g/mol. The zero-order valence-electron chi connectivity index (χ0n) is 18.6. The maximum Gasteiger partial charge on any atom is 0.333 e. The molecule has 2 heteroatoms. The molecule has 5 rings (SSSR count). The van der Waals surface area contributed by atoms with Crippen molar-refractivity contribution in [2.24, 2.45) is 53.3 Å². The van der Waals surface area contributed by atoms with Gasteiger partial charge in [0.15, 0.2) is 0 Å². The van der Waals surface area contributed by atoms with E-state index in [9.17, 15) is 4.79 Å². The van der Waals surface area contributed by atoms with Crippen LogP contribution in [-0.4, -0.2) is 12.6 Å². The molecule has 5 saturated carbocycles. The van der Waals surface area contributed by atoms with Gasteiger partial charge >= 0.3 is 5.97 Å². The van der Waals surface area contributed by atoms with Crippen molar-refractivity contribution in [2.75, 3.05) is 6.61 Å². The minimum Gasteiger partial charge on any atom is -0.462 e. The Morgan fingerprint density at radius 3 is 1.59 bits per heavy atom. The van der Waals surface area contributed by atoms with Gasteiger partial charge in [-0.1, -0.05) is 57.9 Å². The summed E-state index contributed by atoms with van der Waals surface area (Å²) in [6.45, 7) is 6.27. The highest BCUT2D eigenvalue weighted by atomic mass is 16.5. The second-order valence-corrected chi connectivity index (χ2v) is 11.7. The molecule has 0 aliphatic heterocycles. The molecule has 0 aromatic heterocycles. The first-order valence-corrected chi connectivity index (χ1v) is 12.9. The molecule has 0 aromatic carbocycles. The van der Waals surface area contributed by atoms with Crippen molar-refractivity contribution < 1.29 is 9.53 Å². The Morgan fingerprint density at radius 2 is 1.14 bits per heavy atom. The lowest BCUT2D eigenvalue weighted by molar-refractivity contribution is -0.148. The van der Waals surface area contributed by atoms with Gasteiger partial charge in [-0.2, -0.15) is 0 Å². The summed E-state index contributed by atoms with van der Waals surface area (Å²) in [6, 6.07) is 0. The first-order chi connectivity index (χ1) is 14.1. The largest absolute Gasteiger partial charge is 0.462 e. The van der Waals surface area contributed by atoms with Crippen LogP contribution in [0.5, 0.6) is 0 Å². The summed E-state index contributed by atoms with van der Waals surface area (Å²) in [6.07, 6.45) is 19.1. The van der Waals surface area contributed by atoms with Crippen LogP contribution in [-0.2, 0) is 9.53 Å². The van der Waals surface area contributed by atoms with Crippen molar-refractivity contribution in [1.82, 2.24) is 0 Å². The average molecular weight is 399 g/mol. The first kappa shape index (κ1) is 20.1. The number of rotatable bonds is 3. The molecule has 5 aliphatic rings. The van der Waals surface area contributed by atoms with Gasteiger partial charge in [0.05, 0.1) is 6.61 Å². The third-order valence-corrected chi connectivity index (χ3v) is 10.2. The van der Waals surface area contributed by atoms with Gasteiger partial charge in [0.1, 0.15) is 0 Å². The van der Waals surface area contributed by atoms with Crippen molar-refractivity contribution in [1.29, 1.82) is 0 Å². The summed E-state index contributed by atoms with van der Waals surface area (Å²) in [5, 5.41) is 0. The second kappa shape index (κ2) is 8.39. The lowest BCUT2D eigenvalue weighted by atomic mass is 9.48. The highest BCUT2D eigenvalue weighted by molar-refractivity contribution is 5.86. The quantitative estimate of drug-likeness (QED) is 0.386. The molecule has 5 fully saturated rings. The van der Waals surface area contributed by atoms with Gasteiger partial charge in [-0.25, -0.2) is 4.79 Å². The van der Waals surface area contributed by atoms with E-state index in [-0.39, 0.29) is 5.97 Å². The van der Waals surface area contributed by atoms with E-state index in [4.69, 9.17) is 4.74 Å². The predicted octanol–water partition coefficient (Wildman–Crippen LogP) is 6.79. The van der Waals surface area contributed by atoms with Gasteiger partial charge in [0, 0.05) is 5.57 Å². The molecular formula is C27H42O2. The van der Waals surface area contributed by atoms with E-state index < -0.39 is 0 Å². The molecule has 0 radical (unpaired) electrons. The fourth-order valence-corrected chi connectivity index (χ4v) is 8.86. The van der Waals surface area contributed by atoms with Crippen LogP contribution in [0.25, 0.3) is 0 Å². The normalized spacial score (nSPS) is 46.4. The number of fused-ring (bicyclic) bond motifs is 4. The minimum atomic E-state index is -0.165. The van der Waals surface area contributed by atoms with Crippen LogP contribution in [0.2, 0.25) is 0 Å². The van der Waals surface area contributed by atoms with Crippen LogP contribution in [0.1, 0.15) is 90.4 Å². The fraction of sp³-hybridized carbons (Fsp3) is 0.889. The number of ether oxygens (including phenoxy) is 1. The molecule has 29 heavy (non-hydrogen) atoms. The molecule has 0 amide bonds. The summed E-state index contributed by atoms with van der Waals surface area (Å²) in [5.41, 5.74) is 0.556. The fourth-order valence-electron chi connectivity index (χ4n) is 8.86. The van der Waals surface area contributed by atoms with E-state index in [1.165, 1.54) is 83.5 Å². The maximum absolute atomic E-state index is 12.2. The number of carbonyl (C=O) groups excluding carboxylic acids is 1. The van der Waals surface area contributed by atoms with Crippen molar-refractivity contribution in [2.45, 2.75) is 90.4 Å². The smallest absolute Gasteiger partial charge is 0.333 e. The van der Waals surface area contributed by atoms with Gasteiger partial charge in [0.2, 0.25) is 0 Å². The topological polar surface area (TPSA) is 26.3 Å². The van der Waals surface area contributed by atoms with E-state index in [1.807, 2.05) is 0 Å². The SMILES string of the molecule is C=C(C)C(=O)OCC1C2CC3CCCCC3CC2CC2CC3CCCCC3CC21. The van der Waals surface area contributed by atoms with Crippen LogP contribution in [0, 0.1) is 53.3 Å². The predicted molar refractivity (Wildman–Crippen MR) is 117 cm³/mol. The van der Waals surface area contributed by atoms with E-state index in [1.54, 1.807) is 6.92 Å². The van der Waals surface area contributed by atoms with Gasteiger partial charge < -0.3 is 4.74 Å². The summed E-state index contributed by atoms with van der Waals surface area (Å²) in [7, 11) is 0. The minimum absolute atomic E-state index is 0.165. The Balaban J connectivity index is 1.37. The van der Waals surface area contributed by atoms with Gasteiger partial charge in [0.25, 0.3) is 0 Å². The van der Waals surface area contributed by atoms with Crippen LogP contribution < -0.4 is 0 Å². The number of carbonyl (C=O) groups is 1. The van der Waals surface area contributed by atoms with Crippen LogP contribution in [0.4, 0.5) is 0 Å². The molecule has 0 aromatic rings. The Kier molecular flexibility index (Phi) is 5.82. The average Bonchev–Trinajstić information content (AvgIpc) is 2.73. The molecule has 0 bridgehead atoms. The molecule has 8 unspecified atom stereocenters. The van der Waals surface area contributed by atoms with E-state index in [2.05, 4.69) is 6.58 Å². The van der Waals surface area contributed by atoms with Crippen LogP contribution >= 0.6 is 0 Å². The number of hydrogen-bond donors (Lipinski definition) is 0. The second-order valence-electron chi connectivity index (χ2n) is 11.7. The van der Waals surface area contributed by atoms with Gasteiger partial charge in [-0.05, 0) is 92.3 Å². The van der Waals surface area contributed by atoms with Crippen molar-refractivity contribution in [3.05, 3.63) is 12.2 Å². The van der Waals surface area contributed by atoms with E-state index in [0.29, 0.717) is 18.1 Å². The Hall–Kier alpha value is -0.790. The van der Waals surface area contributed by atoms with E-state index in [0.717, 1.165) is 47.3 Å². The molecular weight excluding hydrogens is 356 g/mol. The third kappa shape index (κ3) is 3.94. The highest BCUT2D eigenvalue weighted by Crippen LogP contribution is 2.59. The molecule has 0 heterocycles. The molecule has 162 valence electrons. The molecule has 0 spiro atoms. The summed E-state index contributed by atoms with van der Waals surface area (Å²) < 4.78 is 5.87. The molecule has 0 saturated heterocycles. The lowest BCUT2D eigenvalue weighted by Gasteiger charge is -2.57.